The van der Waals surface area contributed by atoms with Crippen LogP contribution in [0.1, 0.15) is 52.4 Å². The van der Waals surface area contributed by atoms with E-state index in [4.69, 9.17) is 0 Å². The lowest BCUT2D eigenvalue weighted by atomic mass is 9.47. The molecule has 0 unspecified atom stereocenters. The van der Waals surface area contributed by atoms with Crippen molar-refractivity contribution in [2.45, 2.75) is 52.4 Å². The predicted octanol–water partition coefficient (Wildman–Crippen LogP) is 3.67. The normalized spacial score (nSPS) is 50.1. The minimum absolute atomic E-state index is 0.333. The standard InChI is InChI=1S/C19H29NO/c1-18-8-7-16-15(17(18)11-20(3)12-18)5-4-13-10-14(21)6-9-19(13,16)2/h10,15-17H,4-9,11-12H2,1-3H3/t15-,16+,17+,18-,19+/m1/s1. The van der Waals surface area contributed by atoms with Gasteiger partial charge in [0.2, 0.25) is 0 Å². The largest absolute Gasteiger partial charge is 0.306 e. The van der Waals surface area contributed by atoms with Gasteiger partial charge in [0, 0.05) is 19.5 Å². The van der Waals surface area contributed by atoms with Crippen LogP contribution in [-0.2, 0) is 4.79 Å². The lowest BCUT2D eigenvalue weighted by Crippen LogP contribution is -2.50. The van der Waals surface area contributed by atoms with Crippen LogP contribution in [0.4, 0.5) is 0 Å². The van der Waals surface area contributed by atoms with Gasteiger partial charge in [-0.15, -0.1) is 0 Å². The molecule has 4 rings (SSSR count). The van der Waals surface area contributed by atoms with Gasteiger partial charge in [0.15, 0.2) is 5.78 Å². The highest BCUT2D eigenvalue weighted by Crippen LogP contribution is 2.62. The second-order valence-corrected chi connectivity index (χ2v) is 8.86. The Balaban J connectivity index is 1.68. The summed E-state index contributed by atoms with van der Waals surface area (Å²) in [4.78, 5) is 14.4. The summed E-state index contributed by atoms with van der Waals surface area (Å²) in [6.07, 6.45) is 9.19. The first kappa shape index (κ1) is 14.0. The summed E-state index contributed by atoms with van der Waals surface area (Å²) in [6.45, 7) is 7.60. The van der Waals surface area contributed by atoms with Crippen molar-refractivity contribution in [2.75, 3.05) is 20.1 Å². The van der Waals surface area contributed by atoms with E-state index in [1.807, 2.05) is 6.08 Å². The van der Waals surface area contributed by atoms with Gasteiger partial charge in [-0.1, -0.05) is 19.4 Å². The second-order valence-electron chi connectivity index (χ2n) is 8.86. The minimum Gasteiger partial charge on any atom is -0.306 e. The molecule has 5 atom stereocenters. The van der Waals surface area contributed by atoms with Crippen molar-refractivity contribution >= 4 is 5.78 Å². The second kappa shape index (κ2) is 4.44. The summed E-state index contributed by atoms with van der Waals surface area (Å²) in [5.74, 6) is 2.98. The molecule has 1 heterocycles. The summed E-state index contributed by atoms with van der Waals surface area (Å²) in [6, 6.07) is 0. The predicted molar refractivity (Wildman–Crippen MR) is 85.0 cm³/mol. The van der Waals surface area contributed by atoms with Crippen LogP contribution in [0.25, 0.3) is 0 Å². The zero-order valence-electron chi connectivity index (χ0n) is 13.8. The number of fused-ring (bicyclic) bond motifs is 5. The zero-order chi connectivity index (χ0) is 14.8. The van der Waals surface area contributed by atoms with E-state index in [2.05, 4.69) is 25.8 Å². The van der Waals surface area contributed by atoms with E-state index in [9.17, 15) is 4.79 Å². The number of carbonyl (C=O) groups is 1. The molecule has 1 aliphatic heterocycles. The highest BCUT2D eigenvalue weighted by atomic mass is 16.1. The van der Waals surface area contributed by atoms with E-state index >= 15 is 0 Å². The molecule has 2 saturated carbocycles. The molecular weight excluding hydrogens is 258 g/mol. The first-order valence-electron chi connectivity index (χ1n) is 8.85. The Kier molecular flexibility index (Phi) is 2.96. The van der Waals surface area contributed by atoms with E-state index in [1.165, 1.54) is 44.3 Å². The summed E-state index contributed by atoms with van der Waals surface area (Å²) in [5, 5.41) is 0. The molecule has 3 aliphatic carbocycles. The van der Waals surface area contributed by atoms with Crippen molar-refractivity contribution in [3.63, 3.8) is 0 Å². The molecule has 4 aliphatic rings. The number of ketones is 1. The Morgan fingerprint density at radius 2 is 1.95 bits per heavy atom. The lowest BCUT2D eigenvalue weighted by molar-refractivity contribution is -0.117. The van der Waals surface area contributed by atoms with Crippen LogP contribution >= 0.6 is 0 Å². The molecule has 0 aromatic carbocycles. The average Bonchev–Trinajstić information content (AvgIpc) is 2.74. The van der Waals surface area contributed by atoms with Gasteiger partial charge < -0.3 is 4.90 Å². The third kappa shape index (κ3) is 1.91. The van der Waals surface area contributed by atoms with Crippen molar-refractivity contribution in [3.8, 4) is 0 Å². The van der Waals surface area contributed by atoms with Crippen molar-refractivity contribution in [1.29, 1.82) is 0 Å². The van der Waals surface area contributed by atoms with Crippen LogP contribution in [0.2, 0.25) is 0 Å². The van der Waals surface area contributed by atoms with E-state index in [1.54, 1.807) is 0 Å². The molecule has 2 nitrogen and oxygen atoms in total. The van der Waals surface area contributed by atoms with Gasteiger partial charge in [-0.25, -0.2) is 0 Å². The zero-order valence-corrected chi connectivity index (χ0v) is 13.8. The van der Waals surface area contributed by atoms with Crippen LogP contribution in [0.3, 0.4) is 0 Å². The number of likely N-dealkylation sites (tertiary alicyclic amines) is 1. The highest BCUT2D eigenvalue weighted by Gasteiger charge is 2.57. The maximum absolute atomic E-state index is 11.8. The number of allylic oxidation sites excluding steroid dienone is 2. The lowest BCUT2D eigenvalue weighted by Gasteiger charge is -2.57. The van der Waals surface area contributed by atoms with Crippen molar-refractivity contribution in [2.24, 2.45) is 28.6 Å². The molecule has 0 amide bonds. The van der Waals surface area contributed by atoms with E-state index in [0.717, 1.165) is 30.6 Å². The molecule has 1 saturated heterocycles. The molecule has 0 aromatic heterocycles. The smallest absolute Gasteiger partial charge is 0.155 e. The third-order valence-electron chi connectivity index (χ3n) is 7.62. The first-order chi connectivity index (χ1) is 9.92. The Labute approximate surface area is 129 Å². The van der Waals surface area contributed by atoms with E-state index in [-0.39, 0.29) is 0 Å². The van der Waals surface area contributed by atoms with Gasteiger partial charge in [-0.05, 0) is 73.8 Å². The van der Waals surface area contributed by atoms with Crippen molar-refractivity contribution in [1.82, 2.24) is 4.90 Å². The molecule has 3 fully saturated rings. The molecule has 0 N–H and O–H groups in total. The van der Waals surface area contributed by atoms with Crippen LogP contribution in [0.15, 0.2) is 11.6 Å². The summed E-state index contributed by atoms with van der Waals surface area (Å²) >= 11 is 0. The number of hydrogen-bond donors (Lipinski definition) is 0. The molecule has 0 radical (unpaired) electrons. The number of carbonyl (C=O) groups excluding carboxylic acids is 1. The molecular formula is C19H29NO. The van der Waals surface area contributed by atoms with Crippen molar-refractivity contribution in [3.05, 3.63) is 11.6 Å². The Morgan fingerprint density at radius 3 is 2.76 bits per heavy atom. The Hall–Kier alpha value is -0.630. The SMILES string of the molecule is CN1C[C@H]2[C@@H]3CCC4=CC(=O)CC[C@]4(C)[C@H]3CC[C@]2(C)C1. The van der Waals surface area contributed by atoms with Crippen LogP contribution in [-0.4, -0.2) is 30.8 Å². The van der Waals surface area contributed by atoms with Gasteiger partial charge in [0.25, 0.3) is 0 Å². The fourth-order valence-corrected chi connectivity index (χ4v) is 6.52. The molecule has 0 bridgehead atoms. The molecule has 2 heteroatoms. The maximum Gasteiger partial charge on any atom is 0.155 e. The van der Waals surface area contributed by atoms with Crippen molar-refractivity contribution < 1.29 is 4.79 Å². The quantitative estimate of drug-likeness (QED) is 0.677. The van der Waals surface area contributed by atoms with Crippen LogP contribution in [0.5, 0.6) is 0 Å². The summed E-state index contributed by atoms with van der Waals surface area (Å²) < 4.78 is 0. The number of nitrogens with zero attached hydrogens (tertiary/aromatic N) is 1. The summed E-state index contributed by atoms with van der Waals surface area (Å²) in [7, 11) is 2.30. The molecule has 116 valence electrons. The third-order valence-corrected chi connectivity index (χ3v) is 7.62. The average molecular weight is 287 g/mol. The van der Waals surface area contributed by atoms with Crippen LogP contribution in [0, 0.1) is 28.6 Å². The van der Waals surface area contributed by atoms with Gasteiger partial charge in [0.1, 0.15) is 0 Å². The fraction of sp³-hybridized carbons (Fsp3) is 0.842. The molecule has 0 aromatic rings. The number of hydrogen-bond acceptors (Lipinski definition) is 2. The number of rotatable bonds is 0. The van der Waals surface area contributed by atoms with Gasteiger partial charge >= 0.3 is 0 Å². The monoisotopic (exact) mass is 287 g/mol. The van der Waals surface area contributed by atoms with E-state index in [0.29, 0.717) is 16.6 Å². The summed E-state index contributed by atoms with van der Waals surface area (Å²) in [5.41, 5.74) is 2.38. The first-order valence-corrected chi connectivity index (χ1v) is 8.85. The van der Waals surface area contributed by atoms with Gasteiger partial charge in [-0.3, -0.25) is 4.79 Å². The Bertz CT molecular complexity index is 510. The Morgan fingerprint density at radius 1 is 1.14 bits per heavy atom. The van der Waals surface area contributed by atoms with Gasteiger partial charge in [0.05, 0.1) is 0 Å². The fourth-order valence-electron chi connectivity index (χ4n) is 6.52. The minimum atomic E-state index is 0.333. The maximum atomic E-state index is 11.8. The van der Waals surface area contributed by atoms with E-state index < -0.39 is 0 Å². The topological polar surface area (TPSA) is 20.3 Å². The molecule has 21 heavy (non-hydrogen) atoms. The van der Waals surface area contributed by atoms with Gasteiger partial charge in [-0.2, -0.15) is 0 Å². The highest BCUT2D eigenvalue weighted by molar-refractivity contribution is 5.91. The van der Waals surface area contributed by atoms with Crippen LogP contribution < -0.4 is 0 Å². The molecule has 0 spiro atoms.